The molecule has 6 rings (SSSR count). The maximum atomic E-state index is 6.38. The van der Waals surface area contributed by atoms with E-state index in [1.165, 1.54) is 21.8 Å². The first-order valence-corrected chi connectivity index (χ1v) is 11.9. The van der Waals surface area contributed by atoms with E-state index in [4.69, 9.17) is 9.31 Å². The van der Waals surface area contributed by atoms with Crippen LogP contribution in [0.2, 0.25) is 0 Å². The first-order chi connectivity index (χ1) is 16.4. The molecule has 3 nitrogen and oxygen atoms in total. The zero-order chi connectivity index (χ0) is 23.5. The molecule has 0 atom stereocenters. The zero-order valence-electron chi connectivity index (χ0n) is 20.1. The minimum absolute atomic E-state index is 0.379. The summed E-state index contributed by atoms with van der Waals surface area (Å²) in [5.41, 5.74) is 6.13. The summed E-state index contributed by atoms with van der Waals surface area (Å²) in [7, 11) is -0.403. The Balaban J connectivity index is 1.60. The van der Waals surface area contributed by atoms with Crippen molar-refractivity contribution in [1.29, 1.82) is 0 Å². The summed E-state index contributed by atoms with van der Waals surface area (Å²) in [6.07, 6.45) is 0. The quantitative estimate of drug-likeness (QED) is 0.287. The molecule has 4 heteroatoms. The maximum absolute atomic E-state index is 6.38. The van der Waals surface area contributed by atoms with Crippen molar-refractivity contribution in [1.82, 2.24) is 4.57 Å². The van der Waals surface area contributed by atoms with Crippen LogP contribution in [0.1, 0.15) is 27.7 Å². The predicted octanol–water partition coefficient (Wildman–Crippen LogP) is 6.75. The summed E-state index contributed by atoms with van der Waals surface area (Å²) in [5.74, 6) is 0. The first-order valence-electron chi connectivity index (χ1n) is 11.9. The Labute approximate surface area is 201 Å². The Morgan fingerprint density at radius 1 is 0.618 bits per heavy atom. The zero-order valence-corrected chi connectivity index (χ0v) is 20.1. The fourth-order valence-electron chi connectivity index (χ4n) is 4.91. The van der Waals surface area contributed by atoms with Gasteiger partial charge in [0, 0.05) is 16.3 Å². The number of benzene rings is 4. The first kappa shape index (κ1) is 21.2. The highest BCUT2D eigenvalue weighted by atomic mass is 16.7. The number of aromatic nitrogens is 1. The van der Waals surface area contributed by atoms with Gasteiger partial charge in [-0.3, -0.25) is 0 Å². The molecule has 5 aromatic rings. The number of hydrogen-bond donors (Lipinski definition) is 0. The molecule has 0 N–H and O–H groups in total. The second-order valence-electron chi connectivity index (χ2n) is 10.1. The van der Waals surface area contributed by atoms with Crippen LogP contribution in [0.25, 0.3) is 38.6 Å². The summed E-state index contributed by atoms with van der Waals surface area (Å²) >= 11 is 0. The minimum atomic E-state index is -0.403. The van der Waals surface area contributed by atoms with Gasteiger partial charge in [0.2, 0.25) is 0 Å². The second-order valence-corrected chi connectivity index (χ2v) is 10.1. The predicted molar refractivity (Wildman–Crippen MR) is 142 cm³/mol. The largest absolute Gasteiger partial charge is 0.494 e. The van der Waals surface area contributed by atoms with Gasteiger partial charge in [0.05, 0.1) is 27.9 Å². The standard InChI is InChI=1S/C30H28BNO2/c1-29(2)30(3,4)34-31(33-29)22-18-19-28(25(20-22)21-12-6-5-7-13-21)32-26-16-10-8-14-23(26)24-15-9-11-17-27(24)32/h5-20H,1-4H3. The Morgan fingerprint density at radius 2 is 1.15 bits per heavy atom. The molecular weight excluding hydrogens is 417 g/mol. The van der Waals surface area contributed by atoms with Crippen LogP contribution in [0.15, 0.2) is 97.1 Å². The van der Waals surface area contributed by atoms with Gasteiger partial charge in [-0.05, 0) is 56.9 Å². The second kappa shape index (κ2) is 7.59. The topological polar surface area (TPSA) is 23.4 Å². The highest BCUT2D eigenvalue weighted by Gasteiger charge is 2.51. The lowest BCUT2D eigenvalue weighted by Gasteiger charge is -2.32. The molecule has 2 heterocycles. The third-order valence-corrected chi connectivity index (χ3v) is 7.45. The fraction of sp³-hybridized carbons (Fsp3) is 0.200. The van der Waals surface area contributed by atoms with Gasteiger partial charge in [-0.25, -0.2) is 0 Å². The Kier molecular flexibility index (Phi) is 4.74. The van der Waals surface area contributed by atoms with E-state index in [0.717, 1.165) is 22.3 Å². The average molecular weight is 445 g/mol. The molecule has 1 aliphatic heterocycles. The highest BCUT2D eigenvalue weighted by molar-refractivity contribution is 6.62. The van der Waals surface area contributed by atoms with Crippen molar-refractivity contribution in [3.8, 4) is 16.8 Å². The number of nitrogens with zero attached hydrogens (tertiary/aromatic N) is 1. The van der Waals surface area contributed by atoms with E-state index in [1.54, 1.807) is 0 Å². The average Bonchev–Trinajstić information content (AvgIpc) is 3.29. The van der Waals surface area contributed by atoms with E-state index in [1.807, 2.05) is 0 Å². The molecule has 1 fully saturated rings. The molecule has 0 saturated carbocycles. The van der Waals surface area contributed by atoms with Crippen LogP contribution < -0.4 is 5.46 Å². The Bertz CT molecular complexity index is 1450. The SMILES string of the molecule is CC1(C)OB(c2ccc(-n3c4ccccc4c4ccccc43)c(-c3ccccc3)c2)OC1(C)C. The maximum Gasteiger partial charge on any atom is 0.494 e. The molecule has 0 radical (unpaired) electrons. The van der Waals surface area contributed by atoms with Crippen LogP contribution in [0.3, 0.4) is 0 Å². The van der Waals surface area contributed by atoms with Gasteiger partial charge < -0.3 is 13.9 Å². The van der Waals surface area contributed by atoms with Crippen LogP contribution in [-0.4, -0.2) is 22.9 Å². The van der Waals surface area contributed by atoms with Crippen LogP contribution in [0.5, 0.6) is 0 Å². The monoisotopic (exact) mass is 445 g/mol. The molecular formula is C30H28BNO2. The lowest BCUT2D eigenvalue weighted by molar-refractivity contribution is 0.00578. The van der Waals surface area contributed by atoms with Crippen LogP contribution in [0.4, 0.5) is 0 Å². The summed E-state index contributed by atoms with van der Waals surface area (Å²) in [4.78, 5) is 0. The van der Waals surface area contributed by atoms with E-state index in [-0.39, 0.29) is 11.2 Å². The van der Waals surface area contributed by atoms with E-state index in [0.29, 0.717) is 0 Å². The smallest absolute Gasteiger partial charge is 0.399 e. The number of rotatable bonds is 3. The molecule has 168 valence electrons. The third-order valence-electron chi connectivity index (χ3n) is 7.45. The Hall–Kier alpha value is -3.34. The summed E-state index contributed by atoms with van der Waals surface area (Å²) < 4.78 is 15.1. The van der Waals surface area contributed by atoms with E-state index in [9.17, 15) is 0 Å². The molecule has 34 heavy (non-hydrogen) atoms. The van der Waals surface area contributed by atoms with Crippen molar-refractivity contribution < 1.29 is 9.31 Å². The van der Waals surface area contributed by atoms with Crippen LogP contribution in [-0.2, 0) is 9.31 Å². The van der Waals surface area contributed by atoms with E-state index in [2.05, 4.69) is 129 Å². The normalized spacial score (nSPS) is 17.0. The molecule has 0 unspecified atom stereocenters. The van der Waals surface area contributed by atoms with Gasteiger partial charge in [0.15, 0.2) is 0 Å². The van der Waals surface area contributed by atoms with Crippen molar-refractivity contribution in [2.45, 2.75) is 38.9 Å². The number of fused-ring (bicyclic) bond motifs is 3. The van der Waals surface area contributed by atoms with Crippen molar-refractivity contribution in [2.75, 3.05) is 0 Å². The molecule has 4 aromatic carbocycles. The lowest BCUT2D eigenvalue weighted by Crippen LogP contribution is -2.41. The summed E-state index contributed by atoms with van der Waals surface area (Å²) in [6, 6.07) is 34.4. The lowest BCUT2D eigenvalue weighted by atomic mass is 9.77. The van der Waals surface area contributed by atoms with E-state index >= 15 is 0 Å². The van der Waals surface area contributed by atoms with Gasteiger partial charge in [-0.15, -0.1) is 0 Å². The number of para-hydroxylation sites is 2. The highest BCUT2D eigenvalue weighted by Crippen LogP contribution is 2.38. The van der Waals surface area contributed by atoms with Gasteiger partial charge in [-0.2, -0.15) is 0 Å². The third kappa shape index (κ3) is 3.21. The van der Waals surface area contributed by atoms with Crippen molar-refractivity contribution in [2.24, 2.45) is 0 Å². The summed E-state index contributed by atoms with van der Waals surface area (Å²) in [6.45, 7) is 8.38. The molecule has 1 aliphatic rings. The molecule has 0 amide bonds. The fourth-order valence-corrected chi connectivity index (χ4v) is 4.91. The van der Waals surface area contributed by atoms with E-state index < -0.39 is 7.12 Å². The molecule has 1 saturated heterocycles. The molecule has 0 aliphatic carbocycles. The number of hydrogen-bond acceptors (Lipinski definition) is 2. The van der Waals surface area contributed by atoms with Gasteiger partial charge in [0.1, 0.15) is 0 Å². The summed E-state index contributed by atoms with van der Waals surface area (Å²) in [5, 5.41) is 2.51. The minimum Gasteiger partial charge on any atom is -0.399 e. The molecule has 0 bridgehead atoms. The molecule has 1 aromatic heterocycles. The van der Waals surface area contributed by atoms with Crippen LogP contribution in [0, 0.1) is 0 Å². The van der Waals surface area contributed by atoms with Crippen molar-refractivity contribution in [3.05, 3.63) is 97.1 Å². The van der Waals surface area contributed by atoms with Crippen molar-refractivity contribution in [3.63, 3.8) is 0 Å². The van der Waals surface area contributed by atoms with Gasteiger partial charge in [0.25, 0.3) is 0 Å². The van der Waals surface area contributed by atoms with Gasteiger partial charge in [-0.1, -0.05) is 78.9 Å². The van der Waals surface area contributed by atoms with Crippen LogP contribution >= 0.6 is 0 Å². The molecule has 0 spiro atoms. The van der Waals surface area contributed by atoms with Gasteiger partial charge >= 0.3 is 7.12 Å². The Morgan fingerprint density at radius 3 is 1.74 bits per heavy atom. The van der Waals surface area contributed by atoms with Crippen molar-refractivity contribution >= 4 is 34.4 Å².